The van der Waals surface area contributed by atoms with Crippen LogP contribution in [-0.2, 0) is 14.3 Å². The van der Waals surface area contributed by atoms with E-state index in [0.29, 0.717) is 22.0 Å². The van der Waals surface area contributed by atoms with E-state index in [-0.39, 0.29) is 6.61 Å². The van der Waals surface area contributed by atoms with Crippen LogP contribution in [0.1, 0.15) is 18.1 Å². The maximum absolute atomic E-state index is 12.1. The fourth-order valence-electron chi connectivity index (χ4n) is 2.07. The van der Waals surface area contributed by atoms with Gasteiger partial charge in [-0.3, -0.25) is 4.79 Å². The first kappa shape index (κ1) is 19.3. The van der Waals surface area contributed by atoms with Crippen molar-refractivity contribution >= 4 is 29.2 Å². The lowest BCUT2D eigenvalue weighted by Gasteiger charge is -2.14. The zero-order valence-electron chi connectivity index (χ0n) is 14.3. The Labute approximate surface area is 156 Å². The second-order valence-electron chi connectivity index (χ2n) is 5.51. The van der Waals surface area contributed by atoms with Gasteiger partial charge in [0.1, 0.15) is 5.75 Å². The molecule has 0 fully saturated rings. The Morgan fingerprint density at radius 1 is 1.23 bits per heavy atom. The van der Waals surface area contributed by atoms with Gasteiger partial charge in [-0.2, -0.15) is 5.26 Å². The Bertz CT molecular complexity index is 844. The van der Waals surface area contributed by atoms with Crippen LogP contribution in [0.2, 0.25) is 5.02 Å². The Morgan fingerprint density at radius 3 is 2.54 bits per heavy atom. The quantitative estimate of drug-likeness (QED) is 0.784. The standard InChI is InChI=1S/C19H17ClN2O4/c1-12-9-15(20)5-8-17(12)25-11-18(23)26-13(2)19(24)22-16-6-3-14(10-21)4-7-16/h3-9,13H,11H2,1-2H3,(H,22,24)/t13-/m1/s1. The van der Waals surface area contributed by atoms with Gasteiger partial charge in [0.05, 0.1) is 11.6 Å². The highest BCUT2D eigenvalue weighted by molar-refractivity contribution is 6.30. The predicted molar refractivity (Wildman–Crippen MR) is 97.0 cm³/mol. The Kier molecular flexibility index (Phi) is 6.59. The number of hydrogen-bond donors (Lipinski definition) is 1. The molecule has 0 radical (unpaired) electrons. The summed E-state index contributed by atoms with van der Waals surface area (Å²) < 4.78 is 10.4. The normalized spacial score (nSPS) is 11.2. The maximum Gasteiger partial charge on any atom is 0.344 e. The molecule has 0 saturated heterocycles. The summed E-state index contributed by atoms with van der Waals surface area (Å²) in [5, 5.41) is 11.9. The molecule has 1 atom stereocenters. The van der Waals surface area contributed by atoms with Crippen LogP contribution >= 0.6 is 11.6 Å². The third kappa shape index (κ3) is 5.50. The molecule has 2 rings (SSSR count). The van der Waals surface area contributed by atoms with Crippen LogP contribution in [0.3, 0.4) is 0 Å². The van der Waals surface area contributed by atoms with Crippen LogP contribution in [0.25, 0.3) is 0 Å². The van der Waals surface area contributed by atoms with Gasteiger partial charge in [0.2, 0.25) is 0 Å². The van der Waals surface area contributed by atoms with Gasteiger partial charge in [0.25, 0.3) is 5.91 Å². The van der Waals surface area contributed by atoms with Gasteiger partial charge in [-0.15, -0.1) is 0 Å². The van der Waals surface area contributed by atoms with E-state index in [9.17, 15) is 9.59 Å². The zero-order chi connectivity index (χ0) is 19.1. The van der Waals surface area contributed by atoms with Crippen molar-refractivity contribution in [3.63, 3.8) is 0 Å². The first-order chi connectivity index (χ1) is 12.4. The smallest absolute Gasteiger partial charge is 0.344 e. The maximum atomic E-state index is 12.1. The van der Waals surface area contributed by atoms with Crippen molar-refractivity contribution in [2.24, 2.45) is 0 Å². The topological polar surface area (TPSA) is 88.4 Å². The fraction of sp³-hybridized carbons (Fsp3) is 0.211. The van der Waals surface area contributed by atoms with Gasteiger partial charge in [-0.1, -0.05) is 11.6 Å². The number of nitriles is 1. The van der Waals surface area contributed by atoms with E-state index in [1.54, 1.807) is 49.4 Å². The number of amides is 1. The minimum atomic E-state index is -0.993. The summed E-state index contributed by atoms with van der Waals surface area (Å²) >= 11 is 5.86. The lowest BCUT2D eigenvalue weighted by atomic mass is 10.2. The number of nitrogens with zero attached hydrogens (tertiary/aromatic N) is 1. The lowest BCUT2D eigenvalue weighted by Crippen LogP contribution is -2.31. The number of rotatable bonds is 6. The van der Waals surface area contributed by atoms with E-state index in [0.717, 1.165) is 5.56 Å². The van der Waals surface area contributed by atoms with Crippen molar-refractivity contribution in [2.75, 3.05) is 11.9 Å². The summed E-state index contributed by atoms with van der Waals surface area (Å²) in [6, 6.07) is 13.4. The predicted octanol–water partition coefficient (Wildman–Crippen LogP) is 3.47. The van der Waals surface area contributed by atoms with Gasteiger partial charge in [-0.25, -0.2) is 4.79 Å². The molecule has 1 N–H and O–H groups in total. The van der Waals surface area contributed by atoms with Gasteiger partial charge >= 0.3 is 5.97 Å². The van der Waals surface area contributed by atoms with Crippen molar-refractivity contribution in [1.29, 1.82) is 5.26 Å². The molecule has 0 saturated carbocycles. The highest BCUT2D eigenvalue weighted by Crippen LogP contribution is 2.21. The monoisotopic (exact) mass is 372 g/mol. The van der Waals surface area contributed by atoms with E-state index >= 15 is 0 Å². The van der Waals surface area contributed by atoms with Gasteiger partial charge < -0.3 is 14.8 Å². The van der Waals surface area contributed by atoms with E-state index < -0.39 is 18.0 Å². The van der Waals surface area contributed by atoms with Gasteiger partial charge in [0, 0.05) is 10.7 Å². The molecule has 0 heterocycles. The molecule has 0 spiro atoms. The largest absolute Gasteiger partial charge is 0.482 e. The molecule has 0 aliphatic rings. The molecule has 2 aromatic carbocycles. The number of nitrogens with one attached hydrogen (secondary N) is 1. The van der Waals surface area contributed by atoms with Crippen LogP contribution in [0.15, 0.2) is 42.5 Å². The number of benzene rings is 2. The molecule has 26 heavy (non-hydrogen) atoms. The number of carbonyl (C=O) groups excluding carboxylic acids is 2. The average molecular weight is 373 g/mol. The van der Waals surface area contributed by atoms with Crippen molar-refractivity contribution in [3.05, 3.63) is 58.6 Å². The van der Waals surface area contributed by atoms with Gasteiger partial charge in [0.15, 0.2) is 12.7 Å². The van der Waals surface area contributed by atoms with E-state index in [1.807, 2.05) is 6.07 Å². The van der Waals surface area contributed by atoms with Crippen molar-refractivity contribution < 1.29 is 19.1 Å². The Morgan fingerprint density at radius 2 is 1.92 bits per heavy atom. The van der Waals surface area contributed by atoms with Crippen LogP contribution in [0, 0.1) is 18.3 Å². The third-order valence-corrected chi connectivity index (χ3v) is 3.68. The number of ether oxygens (including phenoxy) is 2. The molecule has 0 bridgehead atoms. The highest BCUT2D eigenvalue weighted by atomic mass is 35.5. The summed E-state index contributed by atoms with van der Waals surface area (Å²) in [5.41, 5.74) is 1.78. The molecule has 0 unspecified atom stereocenters. The average Bonchev–Trinajstić information content (AvgIpc) is 2.61. The zero-order valence-corrected chi connectivity index (χ0v) is 15.0. The molecule has 0 aromatic heterocycles. The number of anilines is 1. The number of carbonyl (C=O) groups is 2. The van der Waals surface area contributed by atoms with Crippen LogP contribution in [0.5, 0.6) is 5.75 Å². The highest BCUT2D eigenvalue weighted by Gasteiger charge is 2.18. The molecule has 2 aromatic rings. The first-order valence-electron chi connectivity index (χ1n) is 7.78. The number of hydrogen-bond acceptors (Lipinski definition) is 5. The lowest BCUT2D eigenvalue weighted by molar-refractivity contribution is -0.155. The summed E-state index contributed by atoms with van der Waals surface area (Å²) in [4.78, 5) is 23.9. The summed E-state index contributed by atoms with van der Waals surface area (Å²) in [6.07, 6.45) is -0.993. The minimum absolute atomic E-state index is 0.322. The number of aryl methyl sites for hydroxylation is 1. The summed E-state index contributed by atoms with van der Waals surface area (Å²) in [5.74, 6) is -0.631. The molecule has 134 valence electrons. The molecule has 1 amide bonds. The summed E-state index contributed by atoms with van der Waals surface area (Å²) in [6.45, 7) is 2.95. The van der Waals surface area contributed by atoms with Crippen LogP contribution in [-0.4, -0.2) is 24.6 Å². The molecular formula is C19H17ClN2O4. The molecule has 0 aliphatic heterocycles. The summed E-state index contributed by atoms with van der Waals surface area (Å²) in [7, 11) is 0. The fourth-order valence-corrected chi connectivity index (χ4v) is 2.29. The van der Waals surface area contributed by atoms with Gasteiger partial charge in [-0.05, 0) is 61.9 Å². The number of halogens is 1. The van der Waals surface area contributed by atoms with E-state index in [4.69, 9.17) is 26.3 Å². The van der Waals surface area contributed by atoms with Crippen LogP contribution in [0.4, 0.5) is 5.69 Å². The van der Waals surface area contributed by atoms with Crippen molar-refractivity contribution in [1.82, 2.24) is 0 Å². The Hall–Kier alpha value is -3.04. The first-order valence-corrected chi connectivity index (χ1v) is 8.16. The molecule has 0 aliphatic carbocycles. The molecular weight excluding hydrogens is 356 g/mol. The Balaban J connectivity index is 1.83. The van der Waals surface area contributed by atoms with Crippen molar-refractivity contribution in [2.45, 2.75) is 20.0 Å². The molecule has 7 heteroatoms. The SMILES string of the molecule is Cc1cc(Cl)ccc1OCC(=O)O[C@H](C)C(=O)Nc1ccc(C#N)cc1. The minimum Gasteiger partial charge on any atom is -0.482 e. The van der Waals surface area contributed by atoms with Crippen molar-refractivity contribution in [3.8, 4) is 11.8 Å². The second-order valence-corrected chi connectivity index (χ2v) is 5.95. The molecule has 6 nitrogen and oxygen atoms in total. The van der Waals surface area contributed by atoms with E-state index in [2.05, 4.69) is 5.32 Å². The van der Waals surface area contributed by atoms with E-state index in [1.165, 1.54) is 6.92 Å². The number of esters is 1. The second kappa shape index (κ2) is 8.88. The third-order valence-electron chi connectivity index (χ3n) is 3.44. The van der Waals surface area contributed by atoms with Crippen LogP contribution < -0.4 is 10.1 Å².